The maximum atomic E-state index is 3.54. The molecule has 0 bridgehead atoms. The Morgan fingerprint density at radius 1 is 0.700 bits per heavy atom. The fraction of sp³-hybridized carbons (Fsp3) is 0. The second-order valence-electron chi connectivity index (χ2n) is 5.25. The number of H-pyrrole nitrogens is 1. The molecule has 1 N–H and O–H groups in total. The van der Waals surface area contributed by atoms with Crippen molar-refractivity contribution in [1.29, 1.82) is 0 Å². The zero-order valence-electron chi connectivity index (χ0n) is 10.8. The van der Waals surface area contributed by atoms with Crippen molar-refractivity contribution in [1.82, 2.24) is 4.98 Å². The van der Waals surface area contributed by atoms with E-state index in [1.54, 1.807) is 0 Å². The molecule has 2 heteroatoms. The lowest BCUT2D eigenvalue weighted by molar-refractivity contribution is 1.55. The largest absolute Gasteiger partial charge is 0.354 e. The molecule has 2 heterocycles. The molecule has 0 saturated heterocycles. The van der Waals surface area contributed by atoms with Crippen LogP contribution in [0.25, 0.3) is 32.9 Å². The van der Waals surface area contributed by atoms with Gasteiger partial charge in [-0.2, -0.15) is 0 Å². The summed E-state index contributed by atoms with van der Waals surface area (Å²) in [5.74, 6) is 0. The minimum Gasteiger partial charge on any atom is -0.354 e. The number of aromatic nitrogens is 1. The number of fused-ring (bicyclic) bond motifs is 7. The Labute approximate surface area is 119 Å². The molecule has 4 aromatic rings. The molecule has 0 unspecified atom stereocenters. The summed E-state index contributed by atoms with van der Waals surface area (Å²) in [4.78, 5) is 3.54. The maximum absolute atomic E-state index is 3.54. The zero-order chi connectivity index (χ0) is 13.1. The molecule has 0 saturated carbocycles. The smallest absolute Gasteiger partial charge is 0.123 e. The van der Waals surface area contributed by atoms with Crippen LogP contribution < -0.4 is 10.4 Å². The Morgan fingerprint density at radius 2 is 1.55 bits per heavy atom. The number of nitrogens with one attached hydrogen (secondary N) is 1. The molecule has 0 amide bonds. The van der Waals surface area contributed by atoms with Crippen LogP contribution in [0.5, 0.6) is 0 Å². The SMILES string of the molecule is c1ccc2c(c1)[Si]c1ccc3[nH]c4ccccc4c3c1-2. The summed E-state index contributed by atoms with van der Waals surface area (Å²) in [6.07, 6.45) is 0. The predicted octanol–water partition coefficient (Wildman–Crippen LogP) is 2.96. The van der Waals surface area contributed by atoms with Crippen LogP contribution >= 0.6 is 0 Å². The van der Waals surface area contributed by atoms with Gasteiger partial charge < -0.3 is 4.98 Å². The molecule has 1 aliphatic heterocycles. The average Bonchev–Trinajstić information content (AvgIpc) is 3.04. The van der Waals surface area contributed by atoms with E-state index in [0.29, 0.717) is 0 Å². The van der Waals surface area contributed by atoms with Crippen molar-refractivity contribution >= 4 is 41.7 Å². The van der Waals surface area contributed by atoms with Gasteiger partial charge in [-0.05, 0) is 28.4 Å². The highest BCUT2D eigenvalue weighted by atomic mass is 28.2. The van der Waals surface area contributed by atoms with Gasteiger partial charge in [-0.15, -0.1) is 0 Å². The first-order chi connectivity index (χ1) is 9.92. The Morgan fingerprint density at radius 3 is 2.55 bits per heavy atom. The Hall–Kier alpha value is -2.32. The standard InChI is InChI=1S/C18H11NSi/c1-3-7-13-11(5-1)17-14(19-13)9-10-16-18(17)12-6-2-4-8-15(12)20-16/h1-10,19H. The van der Waals surface area contributed by atoms with Crippen LogP contribution in [0, 0.1) is 0 Å². The van der Waals surface area contributed by atoms with Gasteiger partial charge in [0.15, 0.2) is 0 Å². The molecule has 20 heavy (non-hydrogen) atoms. The molecule has 0 aliphatic carbocycles. The van der Waals surface area contributed by atoms with E-state index < -0.39 is 0 Å². The van der Waals surface area contributed by atoms with E-state index in [4.69, 9.17) is 0 Å². The van der Waals surface area contributed by atoms with Crippen molar-refractivity contribution in [3.63, 3.8) is 0 Å². The molecule has 1 nitrogen and oxygen atoms in total. The normalized spacial score (nSPS) is 12.8. The van der Waals surface area contributed by atoms with Gasteiger partial charge >= 0.3 is 0 Å². The molecular weight excluding hydrogens is 258 g/mol. The first-order valence-corrected chi connectivity index (χ1v) is 7.82. The fourth-order valence-electron chi connectivity index (χ4n) is 3.28. The quantitative estimate of drug-likeness (QED) is 0.416. The van der Waals surface area contributed by atoms with Crippen molar-refractivity contribution in [2.24, 2.45) is 0 Å². The monoisotopic (exact) mass is 269 g/mol. The Balaban J connectivity index is 2.03. The molecule has 2 radical (unpaired) electrons. The summed E-state index contributed by atoms with van der Waals surface area (Å²) in [7, 11) is 0.784. The van der Waals surface area contributed by atoms with E-state index >= 15 is 0 Å². The average molecular weight is 269 g/mol. The van der Waals surface area contributed by atoms with Crippen LogP contribution in [-0.4, -0.2) is 14.5 Å². The van der Waals surface area contributed by atoms with Crippen LogP contribution in [0.3, 0.4) is 0 Å². The summed E-state index contributed by atoms with van der Waals surface area (Å²) in [5.41, 5.74) is 5.32. The number of para-hydroxylation sites is 1. The van der Waals surface area contributed by atoms with E-state index in [9.17, 15) is 0 Å². The van der Waals surface area contributed by atoms with E-state index in [1.165, 1.54) is 43.3 Å². The first-order valence-electron chi connectivity index (χ1n) is 6.82. The highest BCUT2D eigenvalue weighted by Gasteiger charge is 2.22. The van der Waals surface area contributed by atoms with Crippen molar-refractivity contribution in [3.8, 4) is 11.1 Å². The van der Waals surface area contributed by atoms with Crippen molar-refractivity contribution < 1.29 is 0 Å². The molecule has 0 fully saturated rings. The number of benzene rings is 3. The van der Waals surface area contributed by atoms with Gasteiger partial charge in [0.25, 0.3) is 0 Å². The second-order valence-corrected chi connectivity index (χ2v) is 6.58. The maximum Gasteiger partial charge on any atom is 0.123 e. The van der Waals surface area contributed by atoms with Crippen LogP contribution in [0.4, 0.5) is 0 Å². The Kier molecular flexibility index (Phi) is 1.89. The topological polar surface area (TPSA) is 15.8 Å². The van der Waals surface area contributed by atoms with E-state index in [-0.39, 0.29) is 0 Å². The summed E-state index contributed by atoms with van der Waals surface area (Å²) in [6.45, 7) is 0. The molecule has 1 aliphatic rings. The molecule has 3 aromatic carbocycles. The summed E-state index contributed by atoms with van der Waals surface area (Å²) < 4.78 is 0. The first kappa shape index (κ1) is 10.5. The third-order valence-corrected chi connectivity index (χ3v) is 5.53. The van der Waals surface area contributed by atoms with Gasteiger partial charge in [-0.3, -0.25) is 0 Å². The van der Waals surface area contributed by atoms with Crippen LogP contribution in [0.1, 0.15) is 0 Å². The van der Waals surface area contributed by atoms with E-state index in [1.807, 2.05) is 0 Å². The third kappa shape index (κ3) is 1.22. The lowest BCUT2D eigenvalue weighted by Gasteiger charge is -2.04. The molecular formula is C18H11NSi. The zero-order valence-corrected chi connectivity index (χ0v) is 11.8. The third-order valence-electron chi connectivity index (χ3n) is 4.14. The van der Waals surface area contributed by atoms with Gasteiger partial charge in [0, 0.05) is 21.8 Å². The second kappa shape index (κ2) is 3.61. The summed E-state index contributed by atoms with van der Waals surface area (Å²) >= 11 is 0. The number of hydrogen-bond donors (Lipinski definition) is 1. The van der Waals surface area contributed by atoms with Crippen molar-refractivity contribution in [2.75, 3.05) is 0 Å². The van der Waals surface area contributed by atoms with Crippen molar-refractivity contribution in [2.45, 2.75) is 0 Å². The van der Waals surface area contributed by atoms with E-state index in [2.05, 4.69) is 65.6 Å². The van der Waals surface area contributed by atoms with Crippen LogP contribution in [-0.2, 0) is 0 Å². The number of aromatic amines is 1. The van der Waals surface area contributed by atoms with Gasteiger partial charge in [-0.25, -0.2) is 0 Å². The molecule has 0 spiro atoms. The lowest BCUT2D eigenvalue weighted by Crippen LogP contribution is -2.20. The lowest BCUT2D eigenvalue weighted by atomic mass is 10.00. The predicted molar refractivity (Wildman–Crippen MR) is 86.3 cm³/mol. The summed E-state index contributed by atoms with van der Waals surface area (Å²) in [5, 5.41) is 5.67. The van der Waals surface area contributed by atoms with Gasteiger partial charge in [0.2, 0.25) is 0 Å². The Bertz CT molecular complexity index is 981. The van der Waals surface area contributed by atoms with Gasteiger partial charge in [0.1, 0.15) is 9.52 Å². The highest BCUT2D eigenvalue weighted by Crippen LogP contribution is 2.34. The molecule has 92 valence electrons. The minimum atomic E-state index is 0.784. The molecule has 0 atom stereocenters. The van der Waals surface area contributed by atoms with E-state index in [0.717, 1.165) is 9.52 Å². The van der Waals surface area contributed by atoms with Gasteiger partial charge in [0.05, 0.1) is 0 Å². The van der Waals surface area contributed by atoms with Gasteiger partial charge in [-0.1, -0.05) is 53.7 Å². The fourth-order valence-corrected chi connectivity index (χ4v) is 4.64. The molecule has 1 aromatic heterocycles. The van der Waals surface area contributed by atoms with Crippen LogP contribution in [0.2, 0.25) is 0 Å². The summed E-state index contributed by atoms with van der Waals surface area (Å²) in [6, 6.07) is 21.9. The van der Waals surface area contributed by atoms with Crippen molar-refractivity contribution in [3.05, 3.63) is 60.7 Å². The molecule has 5 rings (SSSR count). The number of rotatable bonds is 0. The van der Waals surface area contributed by atoms with Crippen LogP contribution in [0.15, 0.2) is 60.7 Å². The highest BCUT2D eigenvalue weighted by molar-refractivity contribution is 6.74. The number of hydrogen-bond acceptors (Lipinski definition) is 0. The minimum absolute atomic E-state index is 0.784.